The number of hydrogen-bond acceptors (Lipinski definition) is 2. The van der Waals surface area contributed by atoms with E-state index in [4.69, 9.17) is 0 Å². The van der Waals surface area contributed by atoms with Crippen molar-refractivity contribution in [2.45, 2.75) is 17.8 Å². The van der Waals surface area contributed by atoms with Crippen molar-refractivity contribution < 1.29 is 26.3 Å². The lowest BCUT2D eigenvalue weighted by molar-refractivity contribution is -0.288. The van der Waals surface area contributed by atoms with Gasteiger partial charge in [0.1, 0.15) is 0 Å². The number of halogens is 6. The highest BCUT2D eigenvalue weighted by Crippen LogP contribution is 2.56. The summed E-state index contributed by atoms with van der Waals surface area (Å²) in [6.07, 6.45) is -11.2. The van der Waals surface area contributed by atoms with Gasteiger partial charge in [-0.25, -0.2) is 0 Å². The summed E-state index contributed by atoms with van der Waals surface area (Å²) in [5.41, 5.74) is -5.62. The molecule has 0 aliphatic carbocycles. The second kappa shape index (κ2) is 6.50. The average molecular weight is 362 g/mol. The van der Waals surface area contributed by atoms with Crippen LogP contribution in [0.5, 0.6) is 0 Å². The Labute approximate surface area is 140 Å². The van der Waals surface area contributed by atoms with Crippen LogP contribution in [0.3, 0.4) is 0 Å². The number of rotatable bonds is 4. The fourth-order valence-electron chi connectivity index (χ4n) is 2.80. The highest BCUT2D eigenvalue weighted by atomic mass is 19.4. The van der Waals surface area contributed by atoms with E-state index in [2.05, 4.69) is 10.6 Å². The molecule has 2 aromatic rings. The predicted octanol–water partition coefficient (Wildman–Crippen LogP) is 5.18. The maximum absolute atomic E-state index is 14.0. The molecule has 0 amide bonds. The zero-order valence-electron chi connectivity index (χ0n) is 13.4. The first-order valence-electron chi connectivity index (χ1n) is 7.28. The Morgan fingerprint density at radius 2 is 1.00 bits per heavy atom. The summed E-state index contributed by atoms with van der Waals surface area (Å²) < 4.78 is 83.7. The minimum atomic E-state index is -5.59. The lowest BCUT2D eigenvalue weighted by Gasteiger charge is -2.38. The zero-order valence-corrected chi connectivity index (χ0v) is 13.4. The van der Waals surface area contributed by atoms with Crippen LogP contribution >= 0.6 is 0 Å². The Kier molecular flexibility index (Phi) is 4.92. The van der Waals surface area contributed by atoms with Crippen LogP contribution in [0, 0.1) is 0 Å². The van der Waals surface area contributed by atoms with E-state index < -0.39 is 28.9 Å². The van der Waals surface area contributed by atoms with Gasteiger partial charge in [0, 0.05) is 25.5 Å². The first-order valence-corrected chi connectivity index (χ1v) is 7.28. The normalized spacial score (nSPS) is 12.8. The van der Waals surface area contributed by atoms with Crippen LogP contribution in [0.4, 0.5) is 37.7 Å². The quantitative estimate of drug-likeness (QED) is 0.733. The lowest BCUT2D eigenvalue weighted by Crippen LogP contribution is -2.54. The van der Waals surface area contributed by atoms with Crippen molar-refractivity contribution in [3.63, 3.8) is 0 Å². The smallest absolute Gasteiger partial charge is 0.388 e. The Morgan fingerprint density at radius 3 is 1.28 bits per heavy atom. The van der Waals surface area contributed by atoms with Crippen molar-refractivity contribution in [3.8, 4) is 0 Å². The van der Waals surface area contributed by atoms with Crippen molar-refractivity contribution >= 4 is 11.4 Å². The molecule has 2 N–H and O–H groups in total. The number of hydrogen-bond donors (Lipinski definition) is 2. The van der Waals surface area contributed by atoms with Gasteiger partial charge in [-0.05, 0) is 35.4 Å². The number of benzene rings is 2. The molecule has 25 heavy (non-hydrogen) atoms. The first-order chi connectivity index (χ1) is 11.6. The fraction of sp³-hybridized carbons (Fsp3) is 0.294. The highest BCUT2D eigenvalue weighted by Gasteiger charge is 2.72. The molecule has 0 radical (unpaired) electrons. The van der Waals surface area contributed by atoms with Gasteiger partial charge >= 0.3 is 12.4 Å². The Morgan fingerprint density at radius 1 is 0.640 bits per heavy atom. The summed E-state index contributed by atoms with van der Waals surface area (Å²) in [6.45, 7) is 0. The van der Waals surface area contributed by atoms with Gasteiger partial charge in [-0.15, -0.1) is 0 Å². The van der Waals surface area contributed by atoms with E-state index in [-0.39, 0.29) is 11.4 Å². The second-order valence-electron chi connectivity index (χ2n) is 5.41. The number of nitrogens with one attached hydrogen (secondary N) is 2. The van der Waals surface area contributed by atoms with Gasteiger partial charge in [-0.3, -0.25) is 0 Å². The molecule has 0 aliphatic heterocycles. The van der Waals surface area contributed by atoms with E-state index in [9.17, 15) is 26.3 Å². The van der Waals surface area contributed by atoms with Crippen molar-refractivity contribution in [3.05, 3.63) is 59.7 Å². The van der Waals surface area contributed by atoms with E-state index in [1.165, 1.54) is 26.2 Å². The van der Waals surface area contributed by atoms with Crippen LogP contribution < -0.4 is 10.6 Å². The molecular weight excluding hydrogens is 346 g/mol. The largest absolute Gasteiger partial charge is 0.411 e. The first kappa shape index (κ1) is 19.0. The predicted molar refractivity (Wildman–Crippen MR) is 84.9 cm³/mol. The molecule has 0 saturated heterocycles. The zero-order chi connectivity index (χ0) is 18.9. The van der Waals surface area contributed by atoms with E-state index in [0.717, 1.165) is 36.4 Å². The third-order valence-electron chi connectivity index (χ3n) is 4.02. The highest BCUT2D eigenvalue weighted by molar-refractivity contribution is 5.55. The van der Waals surface area contributed by atoms with Gasteiger partial charge in [-0.1, -0.05) is 24.3 Å². The van der Waals surface area contributed by atoms with Crippen molar-refractivity contribution in [1.29, 1.82) is 0 Å². The summed E-state index contributed by atoms with van der Waals surface area (Å²) in [5.74, 6) is 0. The summed E-state index contributed by atoms with van der Waals surface area (Å²) >= 11 is 0. The van der Waals surface area contributed by atoms with Crippen LogP contribution in [-0.4, -0.2) is 26.4 Å². The molecule has 0 unspecified atom stereocenters. The number of alkyl halides is 6. The molecule has 0 saturated carbocycles. The van der Waals surface area contributed by atoms with Crippen molar-refractivity contribution in [2.24, 2.45) is 0 Å². The Balaban J connectivity index is 2.91. The molecule has 0 atom stereocenters. The molecule has 0 bridgehead atoms. The molecule has 0 heterocycles. The second-order valence-corrected chi connectivity index (χ2v) is 5.41. The lowest BCUT2D eigenvalue weighted by atomic mass is 9.72. The molecule has 2 rings (SSSR count). The molecular formula is C17H16F6N2. The summed E-state index contributed by atoms with van der Waals surface area (Å²) in [7, 11) is 2.84. The van der Waals surface area contributed by atoms with Crippen molar-refractivity contribution in [2.75, 3.05) is 24.7 Å². The molecule has 0 fully saturated rings. The summed E-state index contributed by atoms with van der Waals surface area (Å²) in [4.78, 5) is 0. The molecule has 2 nitrogen and oxygen atoms in total. The van der Waals surface area contributed by atoms with Crippen LogP contribution in [0.25, 0.3) is 0 Å². The maximum Gasteiger partial charge on any atom is 0.411 e. The van der Waals surface area contributed by atoms with Crippen LogP contribution in [-0.2, 0) is 5.41 Å². The average Bonchev–Trinajstić information content (AvgIpc) is 2.53. The monoisotopic (exact) mass is 362 g/mol. The maximum atomic E-state index is 14.0. The van der Waals surface area contributed by atoms with Gasteiger partial charge < -0.3 is 10.6 Å². The van der Waals surface area contributed by atoms with Gasteiger partial charge in [0.2, 0.25) is 5.41 Å². The minimum Gasteiger partial charge on any atom is -0.388 e. The molecule has 8 heteroatoms. The van der Waals surface area contributed by atoms with Gasteiger partial charge in [0.25, 0.3) is 0 Å². The summed E-state index contributed by atoms with van der Waals surface area (Å²) in [5, 5.41) is 5.14. The fourth-order valence-corrected chi connectivity index (χ4v) is 2.80. The Hall–Kier alpha value is -2.38. The molecule has 2 aromatic carbocycles. The van der Waals surface area contributed by atoms with E-state index in [0.29, 0.717) is 0 Å². The van der Waals surface area contributed by atoms with Crippen LogP contribution in [0.2, 0.25) is 0 Å². The van der Waals surface area contributed by atoms with Gasteiger partial charge in [0.05, 0.1) is 0 Å². The molecule has 0 aliphatic rings. The molecule has 0 spiro atoms. The third kappa shape index (κ3) is 3.12. The van der Waals surface area contributed by atoms with Crippen molar-refractivity contribution in [1.82, 2.24) is 0 Å². The minimum absolute atomic E-state index is 0.153. The summed E-state index contributed by atoms with van der Waals surface area (Å²) in [6, 6.07) is 8.53. The molecule has 136 valence electrons. The van der Waals surface area contributed by atoms with Gasteiger partial charge in [-0.2, -0.15) is 26.3 Å². The van der Waals surface area contributed by atoms with Crippen LogP contribution in [0.15, 0.2) is 48.5 Å². The Bertz CT molecular complexity index is 673. The standard InChI is InChI=1S/C17H16F6N2/c1-24-13-7-3-5-11(9-13)15(16(18,19)20,17(21,22)23)12-6-4-8-14(10-12)25-2/h3-10,24-25H,1-2H3. The van der Waals surface area contributed by atoms with E-state index in [1.807, 2.05) is 0 Å². The van der Waals surface area contributed by atoms with E-state index in [1.54, 1.807) is 0 Å². The van der Waals surface area contributed by atoms with E-state index >= 15 is 0 Å². The number of anilines is 2. The van der Waals surface area contributed by atoms with Gasteiger partial charge in [0.15, 0.2) is 0 Å². The SMILES string of the molecule is CNc1cccc(C(c2cccc(NC)c2)(C(F)(F)F)C(F)(F)F)c1. The van der Waals surface area contributed by atoms with Crippen LogP contribution in [0.1, 0.15) is 11.1 Å². The third-order valence-corrected chi connectivity index (χ3v) is 4.02. The molecule has 0 aromatic heterocycles. The topological polar surface area (TPSA) is 24.1 Å².